The predicted molar refractivity (Wildman–Crippen MR) is 175 cm³/mol. The molecule has 2 heterocycles. The molecule has 2 aromatic rings. The van der Waals surface area contributed by atoms with E-state index in [-0.39, 0.29) is 29.9 Å². The Morgan fingerprint density at radius 2 is 1.87 bits per heavy atom. The maximum absolute atomic E-state index is 14.0. The lowest BCUT2D eigenvalue weighted by molar-refractivity contribution is -0.129. The maximum Gasteiger partial charge on any atom is 0.407 e. The SMILES string of the molecule is C/C(=C\NC(F)F)c1ccc([C@H]2N=C(N)N([C@H](COC(=O)NC3CC3)c3ccc(Cl)c(C4SC(C5CC5)N(C)N4C)c3)C2=O)cc1. The average Bonchev–Trinajstić information content (AvgIpc) is 3.97. The van der Waals surface area contributed by atoms with Crippen molar-refractivity contribution in [2.24, 2.45) is 16.6 Å². The van der Waals surface area contributed by atoms with Crippen LogP contribution in [0.25, 0.3) is 5.57 Å². The number of hydrogen-bond acceptors (Lipinski definition) is 9. The second-order valence-corrected chi connectivity index (χ2v) is 13.8. The number of nitrogens with one attached hydrogen (secondary N) is 2. The van der Waals surface area contributed by atoms with Gasteiger partial charge in [-0.25, -0.2) is 19.8 Å². The lowest BCUT2D eigenvalue weighted by Gasteiger charge is -2.30. The van der Waals surface area contributed by atoms with Gasteiger partial charge in [0.2, 0.25) is 0 Å². The largest absolute Gasteiger partial charge is 0.447 e. The van der Waals surface area contributed by atoms with E-state index in [9.17, 15) is 18.4 Å². The molecular formula is C32H38ClF2N7O3S. The summed E-state index contributed by atoms with van der Waals surface area (Å²) in [6.07, 6.45) is 4.93. The standard InChI is InChI=1S/C32H38ClF2N7O3S/c1-17(15-37-30(34)35)18-4-6-19(7-5-18)26-27(43)42(31(36)39-26)25(16-45-32(44)38-22-11-12-22)21-10-13-24(33)23(14-21)29-41(3)40(2)28(46-29)20-8-9-20/h4-7,10,13-15,20,22,25-26,28-30,37H,8-9,11-12,16H2,1-3H3,(H2,36,39)(H,38,44)/b17-15+/t25-,26-,28?,29?/m1/s1. The summed E-state index contributed by atoms with van der Waals surface area (Å²) in [5.74, 6) is 0.282. The second kappa shape index (κ2) is 13.4. The number of guanidine groups is 1. The molecule has 2 aliphatic heterocycles. The molecule has 0 spiro atoms. The number of rotatable bonds is 11. The number of nitrogens with two attached hydrogens (primary N) is 1. The number of aliphatic imine (C=N–C) groups is 1. The average molecular weight is 674 g/mol. The van der Waals surface area contributed by atoms with E-state index in [0.29, 0.717) is 38.6 Å². The molecule has 0 bridgehead atoms. The molecule has 4 atom stereocenters. The summed E-state index contributed by atoms with van der Waals surface area (Å²) in [6, 6.07) is 11.0. The summed E-state index contributed by atoms with van der Waals surface area (Å²) in [5.41, 5.74) is 9.95. The van der Waals surface area contributed by atoms with E-state index in [4.69, 9.17) is 22.1 Å². The van der Waals surface area contributed by atoms with Gasteiger partial charge in [-0.3, -0.25) is 9.69 Å². The zero-order chi connectivity index (χ0) is 32.7. The summed E-state index contributed by atoms with van der Waals surface area (Å²) in [5, 5.41) is 10.2. The highest BCUT2D eigenvalue weighted by Gasteiger charge is 2.45. The molecule has 0 aromatic heterocycles. The maximum atomic E-state index is 14.0. The fourth-order valence-corrected chi connectivity index (χ4v) is 7.85. The van der Waals surface area contributed by atoms with Gasteiger partial charge in [0, 0.05) is 31.4 Å². The van der Waals surface area contributed by atoms with E-state index in [2.05, 4.69) is 27.4 Å². The van der Waals surface area contributed by atoms with Crippen molar-refractivity contribution in [1.29, 1.82) is 0 Å². The zero-order valence-electron chi connectivity index (χ0n) is 25.8. The van der Waals surface area contributed by atoms with Gasteiger partial charge in [0.15, 0.2) is 12.0 Å². The number of allylic oxidation sites excluding steroid dienone is 1. The van der Waals surface area contributed by atoms with E-state index in [1.54, 1.807) is 31.2 Å². The third-order valence-corrected chi connectivity index (χ3v) is 11.0. The Hall–Kier alpha value is -3.39. The fourth-order valence-electron chi connectivity index (χ4n) is 5.82. The van der Waals surface area contributed by atoms with Crippen LogP contribution in [0.4, 0.5) is 13.6 Å². The summed E-state index contributed by atoms with van der Waals surface area (Å²) in [6.45, 7) is -1.10. The number of carbonyl (C=O) groups is 2. The van der Waals surface area contributed by atoms with Gasteiger partial charge in [-0.15, -0.1) is 11.8 Å². The third kappa shape index (κ3) is 6.97. The van der Waals surface area contributed by atoms with Gasteiger partial charge in [-0.05, 0) is 78.5 Å². The van der Waals surface area contributed by atoms with Crippen LogP contribution in [0.5, 0.6) is 0 Å². The predicted octanol–water partition coefficient (Wildman–Crippen LogP) is 5.60. The topological polar surface area (TPSA) is 116 Å². The van der Waals surface area contributed by atoms with Crippen molar-refractivity contribution in [1.82, 2.24) is 25.6 Å². The Bertz CT molecular complexity index is 1540. The van der Waals surface area contributed by atoms with Crippen LogP contribution in [0.3, 0.4) is 0 Å². The first-order chi connectivity index (χ1) is 22.0. The molecule has 0 radical (unpaired) electrons. The number of amides is 2. The lowest BCUT2D eigenvalue weighted by Crippen LogP contribution is -2.43. The van der Waals surface area contributed by atoms with Crippen molar-refractivity contribution in [2.75, 3.05) is 20.7 Å². The molecule has 1 saturated heterocycles. The van der Waals surface area contributed by atoms with Crippen molar-refractivity contribution in [3.05, 3.63) is 75.9 Å². The molecule has 2 aliphatic carbocycles. The molecule has 4 aliphatic rings. The van der Waals surface area contributed by atoms with E-state index in [0.717, 1.165) is 18.4 Å². The first-order valence-electron chi connectivity index (χ1n) is 15.3. The zero-order valence-corrected chi connectivity index (χ0v) is 27.4. The van der Waals surface area contributed by atoms with Crippen LogP contribution < -0.4 is 16.4 Å². The number of alkyl halides is 2. The third-order valence-electron chi connectivity index (χ3n) is 8.84. The van der Waals surface area contributed by atoms with E-state index >= 15 is 0 Å². The molecule has 4 N–H and O–H groups in total. The lowest BCUT2D eigenvalue weighted by atomic mass is 10.00. The van der Waals surface area contributed by atoms with Crippen LogP contribution in [0.2, 0.25) is 5.02 Å². The molecule has 46 heavy (non-hydrogen) atoms. The van der Waals surface area contributed by atoms with Gasteiger partial charge in [0.25, 0.3) is 5.91 Å². The van der Waals surface area contributed by atoms with Crippen molar-refractivity contribution >= 4 is 46.9 Å². The first-order valence-corrected chi connectivity index (χ1v) is 16.6. The summed E-state index contributed by atoms with van der Waals surface area (Å²) >= 11 is 8.64. The van der Waals surface area contributed by atoms with Gasteiger partial charge in [-0.2, -0.15) is 8.78 Å². The van der Waals surface area contributed by atoms with Crippen LogP contribution in [-0.4, -0.2) is 71.5 Å². The highest BCUT2D eigenvalue weighted by molar-refractivity contribution is 8.00. The van der Waals surface area contributed by atoms with Crippen LogP contribution in [0, 0.1) is 5.92 Å². The normalized spacial score (nSPS) is 24.8. The second-order valence-electron chi connectivity index (χ2n) is 12.2. The number of carbonyl (C=O) groups excluding carboxylic acids is 2. The Morgan fingerprint density at radius 1 is 1.15 bits per heavy atom. The molecule has 14 heteroatoms. The van der Waals surface area contributed by atoms with Gasteiger partial charge in [0.05, 0.1) is 16.8 Å². The van der Waals surface area contributed by atoms with E-state index < -0.39 is 24.7 Å². The minimum atomic E-state index is -2.67. The summed E-state index contributed by atoms with van der Waals surface area (Å²) in [4.78, 5) is 32.5. The Kier molecular flexibility index (Phi) is 9.47. The van der Waals surface area contributed by atoms with Gasteiger partial charge in [-0.1, -0.05) is 41.9 Å². The Morgan fingerprint density at radius 3 is 2.52 bits per heavy atom. The smallest absolute Gasteiger partial charge is 0.407 e. The van der Waals surface area contributed by atoms with Crippen molar-refractivity contribution < 1.29 is 23.1 Å². The molecule has 2 saturated carbocycles. The number of nitrogens with zero attached hydrogens (tertiary/aromatic N) is 4. The van der Waals surface area contributed by atoms with E-state index in [1.165, 1.54) is 23.9 Å². The minimum Gasteiger partial charge on any atom is -0.447 e. The number of thioether (sulfide) groups is 1. The van der Waals surface area contributed by atoms with Gasteiger partial charge >= 0.3 is 12.6 Å². The van der Waals surface area contributed by atoms with Crippen LogP contribution in [0.1, 0.15) is 72.3 Å². The van der Waals surface area contributed by atoms with E-state index in [1.807, 2.05) is 42.3 Å². The Labute approximate surface area is 276 Å². The van der Waals surface area contributed by atoms with Crippen molar-refractivity contribution in [3.8, 4) is 0 Å². The van der Waals surface area contributed by atoms with Gasteiger partial charge < -0.3 is 21.1 Å². The summed E-state index contributed by atoms with van der Waals surface area (Å²) in [7, 11) is 4.14. The molecule has 2 unspecified atom stereocenters. The number of hydrogen-bond donors (Lipinski definition) is 3. The first kappa shape index (κ1) is 32.5. The van der Waals surface area contributed by atoms with Crippen LogP contribution >= 0.6 is 23.4 Å². The highest BCUT2D eigenvalue weighted by Crippen LogP contribution is 2.53. The van der Waals surface area contributed by atoms with Crippen molar-refractivity contribution in [3.63, 3.8) is 0 Å². The molecule has 10 nitrogen and oxygen atoms in total. The molecule has 2 aromatic carbocycles. The molecule has 3 fully saturated rings. The molecular weight excluding hydrogens is 636 g/mol. The van der Waals surface area contributed by atoms with Crippen molar-refractivity contribution in [2.45, 2.75) is 68.0 Å². The highest BCUT2D eigenvalue weighted by atomic mass is 35.5. The molecule has 246 valence electrons. The quantitative estimate of drug-likeness (QED) is 0.264. The number of alkyl carbamates (subject to hydrolysis) is 1. The Balaban J connectivity index is 1.27. The number of benzene rings is 2. The monoisotopic (exact) mass is 673 g/mol. The fraction of sp³-hybridized carbons (Fsp3) is 0.469. The molecule has 2 amide bonds. The minimum absolute atomic E-state index is 0.00452. The van der Waals surface area contributed by atoms with Crippen LogP contribution in [0.15, 0.2) is 53.7 Å². The van der Waals surface area contributed by atoms with Crippen LogP contribution in [-0.2, 0) is 9.53 Å². The number of ether oxygens (including phenoxy) is 1. The summed E-state index contributed by atoms with van der Waals surface area (Å²) < 4.78 is 30.8. The number of halogens is 3. The molecule has 6 rings (SSSR count). The number of hydrazine groups is 1. The van der Waals surface area contributed by atoms with Gasteiger partial charge in [0.1, 0.15) is 6.61 Å².